The van der Waals surface area contributed by atoms with Crippen LogP contribution in [0, 0.1) is 11.8 Å². The Bertz CT molecular complexity index is 991. The van der Waals surface area contributed by atoms with Crippen LogP contribution in [0.15, 0.2) is 48.5 Å². The predicted molar refractivity (Wildman–Crippen MR) is 124 cm³/mol. The third-order valence-corrected chi connectivity index (χ3v) is 6.87. The van der Waals surface area contributed by atoms with Gasteiger partial charge in [-0.3, -0.25) is 4.79 Å². The zero-order chi connectivity index (χ0) is 23.4. The summed E-state index contributed by atoms with van der Waals surface area (Å²) in [5.74, 6) is -1.61. The number of ether oxygens (including phenoxy) is 1. The number of hydrogen-bond acceptors (Lipinski definition) is 4. The van der Waals surface area contributed by atoms with E-state index in [1.807, 2.05) is 24.3 Å². The topological polar surface area (TPSA) is 105 Å². The van der Waals surface area contributed by atoms with Crippen LogP contribution >= 0.6 is 0 Å². The van der Waals surface area contributed by atoms with Crippen molar-refractivity contribution in [2.75, 3.05) is 13.2 Å². The lowest BCUT2D eigenvalue weighted by Crippen LogP contribution is -2.45. The van der Waals surface area contributed by atoms with Gasteiger partial charge in [-0.25, -0.2) is 9.59 Å². The van der Waals surface area contributed by atoms with Gasteiger partial charge in [0.25, 0.3) is 0 Å². The van der Waals surface area contributed by atoms with Crippen LogP contribution in [0.3, 0.4) is 0 Å². The first-order chi connectivity index (χ1) is 16.0. The number of carboxylic acids is 1. The number of benzene rings is 2. The van der Waals surface area contributed by atoms with E-state index in [4.69, 9.17) is 4.74 Å². The largest absolute Gasteiger partial charge is 0.480 e. The molecule has 2 aliphatic carbocycles. The zero-order valence-electron chi connectivity index (χ0n) is 18.8. The lowest BCUT2D eigenvalue weighted by molar-refractivity contribution is -0.142. The van der Waals surface area contributed by atoms with Crippen molar-refractivity contribution in [3.05, 3.63) is 59.7 Å². The molecule has 2 aromatic carbocycles. The first-order valence-electron chi connectivity index (χ1n) is 11.6. The highest BCUT2D eigenvalue weighted by Crippen LogP contribution is 2.44. The number of carboxylic acid groups (broad SMARTS) is 1. The quantitative estimate of drug-likeness (QED) is 0.565. The van der Waals surface area contributed by atoms with Gasteiger partial charge >= 0.3 is 12.1 Å². The fourth-order valence-corrected chi connectivity index (χ4v) is 5.11. The molecule has 33 heavy (non-hydrogen) atoms. The van der Waals surface area contributed by atoms with Gasteiger partial charge in [0, 0.05) is 18.4 Å². The van der Waals surface area contributed by atoms with Crippen LogP contribution in [0.25, 0.3) is 11.1 Å². The van der Waals surface area contributed by atoms with E-state index in [-0.39, 0.29) is 30.3 Å². The lowest BCUT2D eigenvalue weighted by atomic mass is 9.94. The van der Waals surface area contributed by atoms with Gasteiger partial charge in [-0.1, -0.05) is 61.9 Å². The summed E-state index contributed by atoms with van der Waals surface area (Å²) in [7, 11) is 0. The molecule has 0 bridgehead atoms. The Kier molecular flexibility index (Phi) is 6.96. The SMILES string of the molecule is CCC(NC(=O)[C@@H]1CCC[C@@H]1CNC(=O)OCC1c2ccccc2-c2ccccc21)C(=O)O. The molecule has 7 heteroatoms. The van der Waals surface area contributed by atoms with Crippen LogP contribution in [-0.2, 0) is 14.3 Å². The van der Waals surface area contributed by atoms with Gasteiger partial charge in [-0.15, -0.1) is 0 Å². The summed E-state index contributed by atoms with van der Waals surface area (Å²) < 4.78 is 5.58. The van der Waals surface area contributed by atoms with Crippen molar-refractivity contribution < 1.29 is 24.2 Å². The highest BCUT2D eigenvalue weighted by Gasteiger charge is 2.35. The van der Waals surface area contributed by atoms with E-state index in [0.29, 0.717) is 19.4 Å². The normalized spacial score (nSPS) is 19.9. The molecule has 4 rings (SSSR count). The molecule has 3 N–H and O–H groups in total. The number of carbonyl (C=O) groups is 3. The van der Waals surface area contributed by atoms with Crippen molar-refractivity contribution in [3.8, 4) is 11.1 Å². The highest BCUT2D eigenvalue weighted by atomic mass is 16.5. The van der Waals surface area contributed by atoms with Crippen molar-refractivity contribution in [2.24, 2.45) is 11.8 Å². The fourth-order valence-electron chi connectivity index (χ4n) is 5.11. The molecule has 1 unspecified atom stereocenters. The van der Waals surface area contributed by atoms with Crippen molar-refractivity contribution in [2.45, 2.75) is 44.6 Å². The standard InChI is InChI=1S/C26H30N2O5/c1-2-23(25(30)31)28-24(29)17-13-7-8-16(17)14-27-26(32)33-15-22-20-11-5-3-9-18(20)19-10-4-6-12-21(19)22/h3-6,9-12,16-17,22-23H,2,7-8,13-15H2,1H3,(H,27,32)(H,28,29)(H,30,31)/t16-,17-,23?/m1/s1. The summed E-state index contributed by atoms with van der Waals surface area (Å²) in [6, 6.07) is 15.5. The van der Waals surface area contributed by atoms with Gasteiger partial charge in [-0.2, -0.15) is 0 Å². The number of rotatable bonds is 8. The Morgan fingerprint density at radius 3 is 2.27 bits per heavy atom. The molecule has 2 aromatic rings. The molecular formula is C26H30N2O5. The molecule has 0 heterocycles. The number of fused-ring (bicyclic) bond motifs is 3. The number of alkyl carbamates (subject to hydrolysis) is 1. The van der Waals surface area contributed by atoms with E-state index in [9.17, 15) is 19.5 Å². The molecule has 0 spiro atoms. The van der Waals surface area contributed by atoms with Gasteiger partial charge in [0.2, 0.25) is 5.91 Å². The number of carbonyl (C=O) groups excluding carboxylic acids is 2. The Hall–Kier alpha value is -3.35. The Morgan fingerprint density at radius 2 is 1.67 bits per heavy atom. The smallest absolute Gasteiger partial charge is 0.407 e. The maximum Gasteiger partial charge on any atom is 0.407 e. The molecular weight excluding hydrogens is 420 g/mol. The minimum absolute atomic E-state index is 0.00449. The minimum Gasteiger partial charge on any atom is -0.480 e. The molecule has 7 nitrogen and oxygen atoms in total. The average molecular weight is 451 g/mol. The van der Waals surface area contributed by atoms with Gasteiger partial charge in [0.1, 0.15) is 12.6 Å². The second-order valence-corrected chi connectivity index (χ2v) is 8.81. The summed E-state index contributed by atoms with van der Waals surface area (Å²) in [4.78, 5) is 36.3. The van der Waals surface area contributed by atoms with Gasteiger partial charge in [0.15, 0.2) is 0 Å². The highest BCUT2D eigenvalue weighted by molar-refractivity contribution is 5.85. The number of amides is 2. The second kappa shape index (κ2) is 10.1. The van der Waals surface area contributed by atoms with Crippen LogP contribution in [0.4, 0.5) is 4.79 Å². The molecule has 0 aromatic heterocycles. The van der Waals surface area contributed by atoms with Crippen LogP contribution in [0.2, 0.25) is 0 Å². The van der Waals surface area contributed by atoms with Crippen molar-refractivity contribution in [1.82, 2.24) is 10.6 Å². The van der Waals surface area contributed by atoms with E-state index in [1.165, 1.54) is 11.1 Å². The molecule has 1 fully saturated rings. The van der Waals surface area contributed by atoms with Crippen molar-refractivity contribution in [1.29, 1.82) is 0 Å². The van der Waals surface area contributed by atoms with Crippen LogP contribution in [-0.4, -0.2) is 42.3 Å². The van der Waals surface area contributed by atoms with Gasteiger partial charge < -0.3 is 20.5 Å². The van der Waals surface area contributed by atoms with Crippen LogP contribution in [0.5, 0.6) is 0 Å². The molecule has 174 valence electrons. The molecule has 0 aliphatic heterocycles. The summed E-state index contributed by atoms with van der Waals surface area (Å²) in [6.45, 7) is 2.30. The summed E-state index contributed by atoms with van der Waals surface area (Å²) in [5.41, 5.74) is 4.66. The van der Waals surface area contributed by atoms with E-state index >= 15 is 0 Å². The summed E-state index contributed by atoms with van der Waals surface area (Å²) in [6.07, 6.45) is 2.21. The fraction of sp³-hybridized carbons (Fsp3) is 0.423. The van der Waals surface area contributed by atoms with Crippen molar-refractivity contribution >= 4 is 18.0 Å². The minimum atomic E-state index is -1.03. The molecule has 0 radical (unpaired) electrons. The van der Waals surface area contributed by atoms with Gasteiger partial charge in [-0.05, 0) is 47.4 Å². The molecule has 3 atom stereocenters. The monoisotopic (exact) mass is 450 g/mol. The first kappa shape index (κ1) is 22.8. The van der Waals surface area contributed by atoms with Gasteiger partial charge in [0.05, 0.1) is 0 Å². The Labute approximate surface area is 193 Å². The number of hydrogen-bond donors (Lipinski definition) is 3. The van der Waals surface area contributed by atoms with E-state index < -0.39 is 18.1 Å². The number of nitrogens with one attached hydrogen (secondary N) is 2. The maximum absolute atomic E-state index is 12.6. The first-order valence-corrected chi connectivity index (χ1v) is 11.6. The second-order valence-electron chi connectivity index (χ2n) is 8.81. The predicted octanol–water partition coefficient (Wildman–Crippen LogP) is 3.92. The Balaban J connectivity index is 1.31. The zero-order valence-corrected chi connectivity index (χ0v) is 18.8. The average Bonchev–Trinajstić information content (AvgIpc) is 3.42. The third-order valence-electron chi connectivity index (χ3n) is 6.87. The van der Waals surface area contributed by atoms with Crippen LogP contribution in [0.1, 0.15) is 49.7 Å². The van der Waals surface area contributed by atoms with E-state index in [0.717, 1.165) is 24.0 Å². The third kappa shape index (κ3) is 4.87. The van der Waals surface area contributed by atoms with E-state index in [1.54, 1.807) is 6.92 Å². The van der Waals surface area contributed by atoms with Crippen LogP contribution < -0.4 is 10.6 Å². The molecule has 0 saturated heterocycles. The summed E-state index contributed by atoms with van der Waals surface area (Å²) >= 11 is 0. The number of aliphatic carboxylic acids is 1. The molecule has 2 amide bonds. The molecule has 2 aliphatic rings. The Morgan fingerprint density at radius 1 is 1.03 bits per heavy atom. The lowest BCUT2D eigenvalue weighted by Gasteiger charge is -2.22. The van der Waals surface area contributed by atoms with E-state index in [2.05, 4.69) is 34.9 Å². The molecule has 1 saturated carbocycles. The summed E-state index contributed by atoms with van der Waals surface area (Å²) in [5, 5.41) is 14.6. The maximum atomic E-state index is 12.6. The van der Waals surface area contributed by atoms with Crippen molar-refractivity contribution in [3.63, 3.8) is 0 Å².